The Morgan fingerprint density at radius 2 is 2.09 bits per heavy atom. The van der Waals surface area contributed by atoms with Crippen molar-refractivity contribution in [3.05, 3.63) is 40.9 Å². The summed E-state index contributed by atoms with van der Waals surface area (Å²) in [5, 5.41) is 8.92. The van der Waals surface area contributed by atoms with Crippen molar-refractivity contribution in [2.45, 2.75) is 45.1 Å². The van der Waals surface area contributed by atoms with Crippen LogP contribution in [-0.4, -0.2) is 16.9 Å². The van der Waals surface area contributed by atoms with Crippen LogP contribution in [0, 0.1) is 6.92 Å². The number of hydrogen-bond acceptors (Lipinski definition) is 4. The standard InChI is InChI=1S/C17H21N3OS/c1-12-6-5-9-14(10-12)19-17-20-15(11-22-17)16(21)18-13-7-3-2-4-8-13/h5-6,9-11,13H,2-4,7-8H2,1H3,(H,18,21)(H,19,20). The molecule has 0 unspecified atom stereocenters. The van der Waals surface area contributed by atoms with Crippen molar-refractivity contribution in [2.24, 2.45) is 0 Å². The zero-order valence-electron chi connectivity index (χ0n) is 12.8. The second-order valence-corrected chi connectivity index (χ2v) is 6.70. The summed E-state index contributed by atoms with van der Waals surface area (Å²) < 4.78 is 0. The molecule has 2 N–H and O–H groups in total. The highest BCUT2D eigenvalue weighted by molar-refractivity contribution is 7.14. The van der Waals surface area contributed by atoms with E-state index in [1.54, 1.807) is 0 Å². The highest BCUT2D eigenvalue weighted by atomic mass is 32.1. The van der Waals surface area contributed by atoms with Crippen LogP contribution in [0.2, 0.25) is 0 Å². The first kappa shape index (κ1) is 15.0. The number of carbonyl (C=O) groups is 1. The van der Waals surface area contributed by atoms with Gasteiger partial charge in [-0.3, -0.25) is 4.79 Å². The summed E-state index contributed by atoms with van der Waals surface area (Å²) in [5.74, 6) is -0.0551. The molecule has 0 spiro atoms. The predicted molar refractivity (Wildman–Crippen MR) is 90.9 cm³/mol. The molecule has 22 heavy (non-hydrogen) atoms. The van der Waals surface area contributed by atoms with Crippen LogP contribution in [0.1, 0.15) is 48.2 Å². The van der Waals surface area contributed by atoms with Crippen molar-refractivity contribution in [3.8, 4) is 0 Å². The molecule has 0 aliphatic heterocycles. The van der Waals surface area contributed by atoms with Crippen LogP contribution in [0.25, 0.3) is 0 Å². The number of anilines is 2. The maximum atomic E-state index is 12.2. The Balaban J connectivity index is 1.61. The van der Waals surface area contributed by atoms with Gasteiger partial charge < -0.3 is 10.6 Å². The van der Waals surface area contributed by atoms with E-state index in [0.29, 0.717) is 11.7 Å². The molecule has 1 aliphatic carbocycles. The minimum Gasteiger partial charge on any atom is -0.348 e. The molecule has 1 amide bonds. The highest BCUT2D eigenvalue weighted by Crippen LogP contribution is 2.22. The summed E-state index contributed by atoms with van der Waals surface area (Å²) in [4.78, 5) is 16.6. The molecule has 1 aromatic heterocycles. The number of hydrogen-bond donors (Lipinski definition) is 2. The first-order chi connectivity index (χ1) is 10.7. The summed E-state index contributed by atoms with van der Waals surface area (Å²) >= 11 is 1.46. The first-order valence-electron chi connectivity index (χ1n) is 7.81. The van der Waals surface area contributed by atoms with Crippen LogP contribution in [0.3, 0.4) is 0 Å². The molecule has 1 heterocycles. The minimum absolute atomic E-state index is 0.0551. The van der Waals surface area contributed by atoms with Crippen LogP contribution in [0.15, 0.2) is 29.6 Å². The molecule has 4 nitrogen and oxygen atoms in total. The lowest BCUT2D eigenvalue weighted by molar-refractivity contribution is 0.0923. The van der Waals surface area contributed by atoms with E-state index in [1.807, 2.05) is 17.5 Å². The summed E-state index contributed by atoms with van der Waals surface area (Å²) in [6.07, 6.45) is 5.88. The van der Waals surface area contributed by atoms with Gasteiger partial charge in [0.05, 0.1) is 0 Å². The van der Waals surface area contributed by atoms with E-state index in [0.717, 1.165) is 23.7 Å². The summed E-state index contributed by atoms with van der Waals surface area (Å²) in [5.41, 5.74) is 2.69. The van der Waals surface area contributed by atoms with Crippen LogP contribution in [-0.2, 0) is 0 Å². The molecule has 5 heteroatoms. The highest BCUT2D eigenvalue weighted by Gasteiger charge is 2.18. The quantitative estimate of drug-likeness (QED) is 0.886. The van der Waals surface area contributed by atoms with E-state index in [4.69, 9.17) is 0 Å². The Hall–Kier alpha value is -1.88. The fraction of sp³-hybridized carbons (Fsp3) is 0.412. The SMILES string of the molecule is Cc1cccc(Nc2nc(C(=O)NC3CCCCC3)cs2)c1. The minimum atomic E-state index is -0.0551. The average molecular weight is 315 g/mol. The number of thiazole rings is 1. The average Bonchev–Trinajstić information content (AvgIpc) is 2.97. The first-order valence-corrected chi connectivity index (χ1v) is 8.69. The van der Waals surface area contributed by atoms with Gasteiger partial charge >= 0.3 is 0 Å². The van der Waals surface area contributed by atoms with E-state index in [2.05, 4.69) is 34.7 Å². The molecule has 1 aliphatic rings. The molecule has 0 atom stereocenters. The Morgan fingerprint density at radius 3 is 2.86 bits per heavy atom. The van der Waals surface area contributed by atoms with Gasteiger partial charge in [0.1, 0.15) is 5.69 Å². The van der Waals surface area contributed by atoms with Crippen LogP contribution >= 0.6 is 11.3 Å². The van der Waals surface area contributed by atoms with Crippen molar-refractivity contribution >= 4 is 28.1 Å². The fourth-order valence-electron chi connectivity index (χ4n) is 2.79. The fourth-order valence-corrected chi connectivity index (χ4v) is 3.50. The smallest absolute Gasteiger partial charge is 0.271 e. The molecular formula is C17H21N3OS. The molecule has 3 rings (SSSR count). The molecule has 0 saturated heterocycles. The molecule has 116 valence electrons. The lowest BCUT2D eigenvalue weighted by Crippen LogP contribution is -2.36. The van der Waals surface area contributed by atoms with E-state index >= 15 is 0 Å². The largest absolute Gasteiger partial charge is 0.348 e. The van der Waals surface area contributed by atoms with Crippen molar-refractivity contribution in [2.75, 3.05) is 5.32 Å². The Morgan fingerprint density at radius 1 is 1.27 bits per heavy atom. The van der Waals surface area contributed by atoms with Gasteiger partial charge in [-0.1, -0.05) is 31.4 Å². The van der Waals surface area contributed by atoms with Crippen molar-refractivity contribution in [1.82, 2.24) is 10.3 Å². The van der Waals surface area contributed by atoms with Gasteiger partial charge in [-0.2, -0.15) is 0 Å². The van der Waals surface area contributed by atoms with Gasteiger partial charge in [-0.15, -0.1) is 11.3 Å². The molecular weight excluding hydrogens is 294 g/mol. The van der Waals surface area contributed by atoms with Gasteiger partial charge in [0.15, 0.2) is 5.13 Å². The van der Waals surface area contributed by atoms with Gasteiger partial charge in [0, 0.05) is 17.1 Å². The lowest BCUT2D eigenvalue weighted by Gasteiger charge is -2.22. The number of aryl methyl sites for hydroxylation is 1. The zero-order chi connectivity index (χ0) is 15.4. The third-order valence-electron chi connectivity index (χ3n) is 3.95. The second kappa shape index (κ2) is 6.92. The third kappa shape index (κ3) is 3.85. The number of amides is 1. The molecule has 1 fully saturated rings. The number of carbonyl (C=O) groups excluding carboxylic acids is 1. The molecule has 2 aromatic rings. The molecule has 0 bridgehead atoms. The maximum Gasteiger partial charge on any atom is 0.271 e. The van der Waals surface area contributed by atoms with Gasteiger partial charge in [-0.25, -0.2) is 4.98 Å². The maximum absolute atomic E-state index is 12.2. The third-order valence-corrected chi connectivity index (χ3v) is 4.70. The van der Waals surface area contributed by atoms with Crippen molar-refractivity contribution in [1.29, 1.82) is 0 Å². The Kier molecular flexibility index (Phi) is 4.73. The second-order valence-electron chi connectivity index (χ2n) is 5.84. The van der Waals surface area contributed by atoms with Crippen molar-refractivity contribution < 1.29 is 4.79 Å². The lowest BCUT2D eigenvalue weighted by atomic mass is 9.95. The van der Waals surface area contributed by atoms with Crippen LogP contribution < -0.4 is 10.6 Å². The van der Waals surface area contributed by atoms with E-state index in [9.17, 15) is 4.79 Å². The summed E-state index contributed by atoms with van der Waals surface area (Å²) in [6, 6.07) is 8.42. The van der Waals surface area contributed by atoms with Crippen molar-refractivity contribution in [3.63, 3.8) is 0 Å². The number of nitrogens with zero attached hydrogens (tertiary/aromatic N) is 1. The van der Waals surface area contributed by atoms with Gasteiger partial charge in [0.25, 0.3) is 5.91 Å². The normalized spacial score (nSPS) is 15.5. The molecule has 1 aromatic carbocycles. The zero-order valence-corrected chi connectivity index (χ0v) is 13.6. The molecule has 0 radical (unpaired) electrons. The molecule has 1 saturated carbocycles. The van der Waals surface area contributed by atoms with E-state index in [-0.39, 0.29) is 5.91 Å². The number of nitrogens with one attached hydrogen (secondary N) is 2. The summed E-state index contributed by atoms with van der Waals surface area (Å²) in [6.45, 7) is 2.05. The topological polar surface area (TPSA) is 54.0 Å². The predicted octanol–water partition coefficient (Wildman–Crippen LogP) is 4.26. The van der Waals surface area contributed by atoms with E-state index in [1.165, 1.54) is 36.2 Å². The number of rotatable bonds is 4. The van der Waals surface area contributed by atoms with Crippen LogP contribution in [0.5, 0.6) is 0 Å². The van der Waals surface area contributed by atoms with E-state index < -0.39 is 0 Å². The van der Waals surface area contributed by atoms with Gasteiger partial charge in [-0.05, 0) is 37.5 Å². The summed E-state index contributed by atoms with van der Waals surface area (Å²) in [7, 11) is 0. The Labute approximate surface area is 135 Å². The van der Waals surface area contributed by atoms with Crippen LogP contribution in [0.4, 0.5) is 10.8 Å². The number of benzene rings is 1. The van der Waals surface area contributed by atoms with Gasteiger partial charge in [0.2, 0.25) is 0 Å². The number of aromatic nitrogens is 1. The Bertz CT molecular complexity index is 647. The monoisotopic (exact) mass is 315 g/mol.